The van der Waals surface area contributed by atoms with Gasteiger partial charge >= 0.3 is 0 Å². The van der Waals surface area contributed by atoms with Crippen molar-refractivity contribution in [2.24, 2.45) is 0 Å². The Hall–Kier alpha value is -2.56. The molecule has 5 heteroatoms. The SMILES string of the molecule is COc1ncccc1CNC(=O)c1ccc(C)cc1O. The lowest BCUT2D eigenvalue weighted by atomic mass is 10.1. The largest absolute Gasteiger partial charge is 0.507 e. The Bertz CT molecular complexity index is 626. The first kappa shape index (κ1) is 13.9. The van der Waals surface area contributed by atoms with Gasteiger partial charge in [0.25, 0.3) is 5.91 Å². The number of carbonyl (C=O) groups is 1. The van der Waals surface area contributed by atoms with Gasteiger partial charge in [0.1, 0.15) is 5.75 Å². The van der Waals surface area contributed by atoms with Crippen LogP contribution < -0.4 is 10.1 Å². The van der Waals surface area contributed by atoms with Crippen LogP contribution in [0.3, 0.4) is 0 Å². The van der Waals surface area contributed by atoms with E-state index in [1.165, 1.54) is 7.11 Å². The minimum absolute atomic E-state index is 0.0272. The van der Waals surface area contributed by atoms with E-state index in [1.807, 2.05) is 13.0 Å². The normalized spacial score (nSPS) is 10.1. The van der Waals surface area contributed by atoms with Crippen LogP contribution in [0.25, 0.3) is 0 Å². The van der Waals surface area contributed by atoms with Crippen molar-refractivity contribution < 1.29 is 14.6 Å². The molecule has 0 atom stereocenters. The van der Waals surface area contributed by atoms with Crippen LogP contribution in [-0.4, -0.2) is 23.1 Å². The van der Waals surface area contributed by atoms with E-state index >= 15 is 0 Å². The molecule has 2 aromatic rings. The van der Waals surface area contributed by atoms with Gasteiger partial charge < -0.3 is 15.2 Å². The summed E-state index contributed by atoms with van der Waals surface area (Å²) in [5.74, 6) is 0.106. The van der Waals surface area contributed by atoms with Crippen molar-refractivity contribution in [1.82, 2.24) is 10.3 Å². The van der Waals surface area contributed by atoms with E-state index in [-0.39, 0.29) is 23.8 Å². The molecule has 20 heavy (non-hydrogen) atoms. The molecule has 0 aliphatic heterocycles. The first-order valence-electron chi connectivity index (χ1n) is 6.17. The fraction of sp³-hybridized carbons (Fsp3) is 0.200. The number of carbonyl (C=O) groups excluding carboxylic acids is 1. The summed E-state index contributed by atoms with van der Waals surface area (Å²) >= 11 is 0. The summed E-state index contributed by atoms with van der Waals surface area (Å²) in [5, 5.41) is 12.5. The van der Waals surface area contributed by atoms with Crippen LogP contribution in [0.4, 0.5) is 0 Å². The van der Waals surface area contributed by atoms with Crippen molar-refractivity contribution >= 4 is 5.91 Å². The average molecular weight is 272 g/mol. The van der Waals surface area contributed by atoms with Gasteiger partial charge in [-0.2, -0.15) is 0 Å². The second-order valence-corrected chi connectivity index (χ2v) is 4.38. The summed E-state index contributed by atoms with van der Waals surface area (Å²) in [5.41, 5.74) is 1.92. The van der Waals surface area contributed by atoms with E-state index in [0.29, 0.717) is 5.88 Å². The summed E-state index contributed by atoms with van der Waals surface area (Å²) < 4.78 is 5.11. The van der Waals surface area contributed by atoms with E-state index in [4.69, 9.17) is 4.74 Å². The molecule has 104 valence electrons. The lowest BCUT2D eigenvalue weighted by Gasteiger charge is -2.09. The van der Waals surface area contributed by atoms with E-state index in [0.717, 1.165) is 11.1 Å². The first-order valence-corrected chi connectivity index (χ1v) is 6.17. The summed E-state index contributed by atoms with van der Waals surface area (Å²) in [7, 11) is 1.53. The van der Waals surface area contributed by atoms with E-state index in [9.17, 15) is 9.90 Å². The van der Waals surface area contributed by atoms with Crippen LogP contribution in [0.5, 0.6) is 11.6 Å². The molecule has 0 saturated heterocycles. The highest BCUT2D eigenvalue weighted by Crippen LogP contribution is 2.19. The predicted octanol–water partition coefficient (Wildman–Crippen LogP) is 2.03. The Balaban J connectivity index is 2.09. The van der Waals surface area contributed by atoms with Gasteiger partial charge in [0, 0.05) is 18.3 Å². The third-order valence-corrected chi connectivity index (χ3v) is 2.88. The number of ether oxygens (including phenoxy) is 1. The number of aromatic hydroxyl groups is 1. The number of methoxy groups -OCH3 is 1. The zero-order valence-electron chi connectivity index (χ0n) is 11.4. The molecule has 1 amide bonds. The lowest BCUT2D eigenvalue weighted by Crippen LogP contribution is -2.23. The Labute approximate surface area is 117 Å². The number of benzene rings is 1. The molecular weight excluding hydrogens is 256 g/mol. The van der Waals surface area contributed by atoms with Crippen LogP contribution in [-0.2, 0) is 6.54 Å². The highest BCUT2D eigenvalue weighted by Gasteiger charge is 2.12. The van der Waals surface area contributed by atoms with Gasteiger partial charge in [-0.05, 0) is 30.7 Å². The average Bonchev–Trinajstić information content (AvgIpc) is 2.45. The number of nitrogens with zero attached hydrogens (tertiary/aromatic N) is 1. The third-order valence-electron chi connectivity index (χ3n) is 2.88. The number of aryl methyl sites for hydroxylation is 1. The molecule has 0 bridgehead atoms. The number of hydrogen-bond acceptors (Lipinski definition) is 4. The molecule has 2 N–H and O–H groups in total. The molecule has 1 heterocycles. The molecule has 0 fully saturated rings. The number of amides is 1. The molecular formula is C15H16N2O3. The first-order chi connectivity index (χ1) is 9.61. The van der Waals surface area contributed by atoms with Gasteiger partial charge in [-0.15, -0.1) is 0 Å². The maximum absolute atomic E-state index is 12.0. The second kappa shape index (κ2) is 6.06. The number of aromatic nitrogens is 1. The molecule has 2 rings (SSSR count). The zero-order valence-corrected chi connectivity index (χ0v) is 11.4. The summed E-state index contributed by atoms with van der Waals surface area (Å²) in [6.45, 7) is 2.13. The number of hydrogen-bond donors (Lipinski definition) is 2. The zero-order chi connectivity index (χ0) is 14.5. The summed E-state index contributed by atoms with van der Waals surface area (Å²) in [4.78, 5) is 16.1. The van der Waals surface area contributed by atoms with Gasteiger partial charge in [-0.3, -0.25) is 4.79 Å². The maximum atomic E-state index is 12.0. The van der Waals surface area contributed by atoms with E-state index < -0.39 is 0 Å². The van der Waals surface area contributed by atoms with E-state index in [1.54, 1.807) is 30.5 Å². The fourth-order valence-corrected chi connectivity index (χ4v) is 1.85. The number of rotatable bonds is 4. The van der Waals surface area contributed by atoms with Crippen molar-refractivity contribution in [3.05, 3.63) is 53.2 Å². The van der Waals surface area contributed by atoms with Gasteiger partial charge in [-0.1, -0.05) is 12.1 Å². The maximum Gasteiger partial charge on any atom is 0.255 e. The monoisotopic (exact) mass is 272 g/mol. The number of pyridine rings is 1. The van der Waals surface area contributed by atoms with Gasteiger partial charge in [0.2, 0.25) is 5.88 Å². The van der Waals surface area contributed by atoms with Crippen molar-refractivity contribution in [3.63, 3.8) is 0 Å². The number of phenols is 1. The molecule has 0 aliphatic carbocycles. The fourth-order valence-electron chi connectivity index (χ4n) is 1.85. The molecule has 0 aliphatic rings. The Morgan fingerprint density at radius 2 is 2.20 bits per heavy atom. The van der Waals surface area contributed by atoms with Gasteiger partial charge in [-0.25, -0.2) is 4.98 Å². The Kier molecular flexibility index (Phi) is 4.20. The molecule has 1 aromatic carbocycles. The molecule has 1 aromatic heterocycles. The molecule has 0 radical (unpaired) electrons. The van der Waals surface area contributed by atoms with Crippen LogP contribution >= 0.6 is 0 Å². The highest BCUT2D eigenvalue weighted by atomic mass is 16.5. The number of nitrogens with one attached hydrogen (secondary N) is 1. The smallest absolute Gasteiger partial charge is 0.255 e. The minimum atomic E-state index is -0.339. The minimum Gasteiger partial charge on any atom is -0.507 e. The highest BCUT2D eigenvalue weighted by molar-refractivity contribution is 5.96. The predicted molar refractivity (Wildman–Crippen MR) is 74.8 cm³/mol. The van der Waals surface area contributed by atoms with Crippen LogP contribution in [0.1, 0.15) is 21.5 Å². The molecule has 0 saturated carbocycles. The van der Waals surface area contributed by atoms with Crippen LogP contribution in [0, 0.1) is 6.92 Å². The van der Waals surface area contributed by atoms with Crippen molar-refractivity contribution in [2.45, 2.75) is 13.5 Å². The Morgan fingerprint density at radius 1 is 1.40 bits per heavy atom. The Morgan fingerprint density at radius 3 is 2.90 bits per heavy atom. The van der Waals surface area contributed by atoms with E-state index in [2.05, 4.69) is 10.3 Å². The van der Waals surface area contributed by atoms with Crippen molar-refractivity contribution in [3.8, 4) is 11.6 Å². The van der Waals surface area contributed by atoms with Gasteiger partial charge in [0.15, 0.2) is 0 Å². The summed E-state index contributed by atoms with van der Waals surface area (Å²) in [6.07, 6.45) is 1.62. The van der Waals surface area contributed by atoms with Crippen molar-refractivity contribution in [2.75, 3.05) is 7.11 Å². The molecule has 0 spiro atoms. The topological polar surface area (TPSA) is 71.5 Å². The number of phenolic OH excluding ortho intramolecular Hbond substituents is 1. The lowest BCUT2D eigenvalue weighted by molar-refractivity contribution is 0.0948. The van der Waals surface area contributed by atoms with Crippen LogP contribution in [0.2, 0.25) is 0 Å². The molecule has 0 unspecified atom stereocenters. The summed E-state index contributed by atoms with van der Waals surface area (Å²) in [6, 6.07) is 8.52. The standard InChI is InChI=1S/C15H16N2O3/c1-10-5-6-12(13(18)8-10)14(19)17-9-11-4-3-7-16-15(11)20-2/h3-8,18H,9H2,1-2H3,(H,17,19). The quantitative estimate of drug-likeness (QED) is 0.893. The third kappa shape index (κ3) is 3.06. The van der Waals surface area contributed by atoms with Crippen LogP contribution in [0.15, 0.2) is 36.5 Å². The molecule has 5 nitrogen and oxygen atoms in total. The van der Waals surface area contributed by atoms with Crippen molar-refractivity contribution in [1.29, 1.82) is 0 Å². The van der Waals surface area contributed by atoms with Gasteiger partial charge in [0.05, 0.1) is 12.7 Å². The second-order valence-electron chi connectivity index (χ2n) is 4.38.